The molecule has 1 aliphatic rings. The van der Waals surface area contributed by atoms with Gasteiger partial charge >= 0.3 is 0 Å². The van der Waals surface area contributed by atoms with Crippen LogP contribution in [-0.2, 0) is 16.6 Å². The molecule has 0 aliphatic heterocycles. The third kappa shape index (κ3) is 3.06. The van der Waals surface area contributed by atoms with Gasteiger partial charge in [0.2, 0.25) is 0 Å². The lowest BCUT2D eigenvalue weighted by molar-refractivity contribution is 0.600. The highest BCUT2D eigenvalue weighted by atomic mass is 32.2. The highest BCUT2D eigenvalue weighted by Crippen LogP contribution is 2.37. The maximum Gasteiger partial charge on any atom is 0.263 e. The molecule has 0 amide bonds. The van der Waals surface area contributed by atoms with Crippen LogP contribution in [-0.4, -0.2) is 30.0 Å². The Hall–Kier alpha value is -1.93. The van der Waals surface area contributed by atoms with Crippen molar-refractivity contribution in [2.45, 2.75) is 30.3 Å². The number of nitrogens with one attached hydrogen (secondary N) is 2. The van der Waals surface area contributed by atoms with Crippen molar-refractivity contribution in [3.05, 3.63) is 36.7 Å². The molecule has 2 heterocycles. The zero-order valence-electron chi connectivity index (χ0n) is 11.7. The van der Waals surface area contributed by atoms with Crippen molar-refractivity contribution in [1.82, 2.24) is 19.9 Å². The van der Waals surface area contributed by atoms with Crippen LogP contribution in [0.5, 0.6) is 0 Å². The molecule has 1 saturated carbocycles. The third-order valence-corrected chi connectivity index (χ3v) is 4.68. The van der Waals surface area contributed by atoms with Gasteiger partial charge in [-0.3, -0.25) is 4.72 Å². The van der Waals surface area contributed by atoms with Crippen LogP contribution in [0.15, 0.2) is 35.9 Å². The molecule has 0 bridgehead atoms. The van der Waals surface area contributed by atoms with Crippen LogP contribution in [0.1, 0.15) is 24.6 Å². The summed E-state index contributed by atoms with van der Waals surface area (Å²) in [4.78, 5) is 7.87. The summed E-state index contributed by atoms with van der Waals surface area (Å²) in [5, 5.41) is 3.07. The summed E-state index contributed by atoms with van der Waals surface area (Å²) >= 11 is 0. The highest BCUT2D eigenvalue weighted by Gasteiger charge is 2.28. The Balaban J connectivity index is 1.90. The summed E-state index contributed by atoms with van der Waals surface area (Å²) in [5.41, 5.74) is 1.33. The van der Waals surface area contributed by atoms with Crippen LogP contribution in [0, 0.1) is 0 Å². The number of sulfonamides is 1. The number of hydrogen-bond donors (Lipinski definition) is 2. The average Bonchev–Trinajstić information content (AvgIpc) is 3.21. The predicted octanol–water partition coefficient (Wildman–Crippen LogP) is 1.13. The Bertz CT molecular complexity index is 722. The van der Waals surface area contributed by atoms with E-state index in [1.54, 1.807) is 12.3 Å². The third-order valence-electron chi connectivity index (χ3n) is 3.33. The maximum atomic E-state index is 12.4. The molecule has 2 N–H and O–H groups in total. The first-order valence-corrected chi connectivity index (χ1v) is 8.21. The van der Waals surface area contributed by atoms with E-state index in [1.807, 2.05) is 11.6 Å². The Labute approximate surface area is 123 Å². The Morgan fingerprint density at radius 3 is 2.67 bits per heavy atom. The van der Waals surface area contributed by atoms with Crippen molar-refractivity contribution >= 4 is 15.7 Å². The van der Waals surface area contributed by atoms with Gasteiger partial charge in [0.15, 0.2) is 0 Å². The van der Waals surface area contributed by atoms with Gasteiger partial charge in [-0.2, -0.15) is 0 Å². The van der Waals surface area contributed by atoms with Crippen LogP contribution >= 0.6 is 0 Å². The van der Waals surface area contributed by atoms with Gasteiger partial charge in [0.1, 0.15) is 11.2 Å². The lowest BCUT2D eigenvalue weighted by atomic mass is 10.4. The van der Waals surface area contributed by atoms with Crippen molar-refractivity contribution < 1.29 is 8.42 Å². The van der Waals surface area contributed by atoms with E-state index in [0.29, 0.717) is 18.3 Å². The number of hydrogen-bond acceptors (Lipinski definition) is 5. The molecule has 0 aromatic carbocycles. The average molecular weight is 307 g/mol. The molecule has 7 nitrogen and oxygen atoms in total. The van der Waals surface area contributed by atoms with Crippen molar-refractivity contribution in [3.8, 4) is 0 Å². The first-order chi connectivity index (χ1) is 10.1. The largest absolute Gasteiger partial charge is 0.346 e. The molecule has 1 fully saturated rings. The minimum absolute atomic E-state index is 0.267. The molecule has 2 aromatic heterocycles. The molecule has 0 spiro atoms. The Morgan fingerprint density at radius 2 is 2.05 bits per heavy atom. The molecule has 0 radical (unpaired) electrons. The standard InChI is InChI=1S/C13H17N5O2S/c1-14-7-12-4-13(8-18(12)11-2-3-11)21(19,20)17-10-5-15-9-16-6-10/h4-6,8-9,11,14,17H,2-3,7H2,1H3. The Kier molecular flexibility index (Phi) is 3.64. The van der Waals surface area contributed by atoms with E-state index in [9.17, 15) is 8.42 Å². The fourth-order valence-corrected chi connectivity index (χ4v) is 3.30. The van der Waals surface area contributed by atoms with Gasteiger partial charge in [-0.15, -0.1) is 0 Å². The molecular formula is C13H17N5O2S. The van der Waals surface area contributed by atoms with Crippen LogP contribution in [0.4, 0.5) is 5.69 Å². The van der Waals surface area contributed by atoms with Crippen molar-refractivity contribution in [1.29, 1.82) is 0 Å². The minimum atomic E-state index is -3.62. The molecule has 1 aliphatic carbocycles. The van der Waals surface area contributed by atoms with E-state index in [0.717, 1.165) is 18.5 Å². The predicted molar refractivity (Wildman–Crippen MR) is 78.3 cm³/mol. The summed E-state index contributed by atoms with van der Waals surface area (Å²) in [6.45, 7) is 0.639. The number of anilines is 1. The lowest BCUT2D eigenvalue weighted by Crippen LogP contribution is -2.12. The smallest absolute Gasteiger partial charge is 0.263 e. The fraction of sp³-hybridized carbons (Fsp3) is 0.385. The second kappa shape index (κ2) is 5.45. The van der Waals surface area contributed by atoms with E-state index in [4.69, 9.17) is 0 Å². The molecule has 0 atom stereocenters. The fourth-order valence-electron chi connectivity index (χ4n) is 2.22. The SMILES string of the molecule is CNCc1cc(S(=O)(=O)Nc2cncnc2)cn1C1CC1. The second-order valence-corrected chi connectivity index (χ2v) is 6.75. The quantitative estimate of drug-likeness (QED) is 0.835. The van der Waals surface area contributed by atoms with Crippen molar-refractivity contribution in [2.24, 2.45) is 0 Å². The molecule has 8 heteroatoms. The molecular weight excluding hydrogens is 290 g/mol. The van der Waals surface area contributed by atoms with Crippen LogP contribution in [0.25, 0.3) is 0 Å². The molecule has 2 aromatic rings. The van der Waals surface area contributed by atoms with Crippen LogP contribution in [0.3, 0.4) is 0 Å². The summed E-state index contributed by atoms with van der Waals surface area (Å²) in [7, 11) is -1.77. The minimum Gasteiger partial charge on any atom is -0.346 e. The first-order valence-electron chi connectivity index (χ1n) is 6.73. The summed E-state index contributed by atoms with van der Waals surface area (Å²) < 4.78 is 29.4. The van der Waals surface area contributed by atoms with E-state index in [2.05, 4.69) is 20.0 Å². The van der Waals surface area contributed by atoms with E-state index >= 15 is 0 Å². The van der Waals surface area contributed by atoms with Crippen LogP contribution in [0.2, 0.25) is 0 Å². The molecule has 3 rings (SSSR count). The van der Waals surface area contributed by atoms with Crippen molar-refractivity contribution in [3.63, 3.8) is 0 Å². The number of aromatic nitrogens is 3. The molecule has 112 valence electrons. The molecule has 0 unspecified atom stereocenters. The summed E-state index contributed by atoms with van der Waals surface area (Å²) in [5.74, 6) is 0. The lowest BCUT2D eigenvalue weighted by Gasteiger charge is -2.06. The van der Waals surface area contributed by atoms with E-state index in [-0.39, 0.29) is 4.90 Å². The normalized spacial score (nSPS) is 15.1. The van der Waals surface area contributed by atoms with Gasteiger partial charge in [0.25, 0.3) is 10.0 Å². The van der Waals surface area contributed by atoms with Gasteiger partial charge < -0.3 is 9.88 Å². The van der Waals surface area contributed by atoms with Crippen LogP contribution < -0.4 is 10.0 Å². The summed E-state index contributed by atoms with van der Waals surface area (Å²) in [6, 6.07) is 2.14. The van der Waals surface area contributed by atoms with E-state index in [1.165, 1.54) is 18.7 Å². The summed E-state index contributed by atoms with van der Waals surface area (Å²) in [6.07, 6.45) is 8.12. The first kappa shape index (κ1) is 14.0. The second-order valence-electron chi connectivity index (χ2n) is 5.07. The van der Waals surface area contributed by atoms with Gasteiger partial charge in [-0.1, -0.05) is 0 Å². The van der Waals surface area contributed by atoms with Gasteiger partial charge in [0.05, 0.1) is 18.1 Å². The van der Waals surface area contributed by atoms with Gasteiger partial charge in [-0.25, -0.2) is 18.4 Å². The molecule has 0 saturated heterocycles. The van der Waals surface area contributed by atoms with Gasteiger partial charge in [0, 0.05) is 24.5 Å². The topological polar surface area (TPSA) is 88.9 Å². The monoisotopic (exact) mass is 307 g/mol. The van der Waals surface area contributed by atoms with Crippen molar-refractivity contribution in [2.75, 3.05) is 11.8 Å². The maximum absolute atomic E-state index is 12.4. The zero-order valence-corrected chi connectivity index (χ0v) is 12.5. The highest BCUT2D eigenvalue weighted by molar-refractivity contribution is 7.92. The zero-order chi connectivity index (χ0) is 14.9. The Morgan fingerprint density at radius 1 is 1.33 bits per heavy atom. The number of rotatable bonds is 6. The van der Waals surface area contributed by atoms with Gasteiger partial charge in [-0.05, 0) is 26.0 Å². The van der Waals surface area contributed by atoms with E-state index < -0.39 is 10.0 Å². The number of nitrogens with zero attached hydrogens (tertiary/aromatic N) is 3. The molecule has 21 heavy (non-hydrogen) atoms.